The van der Waals surface area contributed by atoms with E-state index in [1.54, 1.807) is 31.2 Å². The second-order valence-electron chi connectivity index (χ2n) is 5.83. The molecule has 1 aromatic heterocycles. The zero-order valence-corrected chi connectivity index (χ0v) is 14.5. The number of aromatic nitrogens is 2. The molecule has 0 saturated carbocycles. The second kappa shape index (κ2) is 7.14. The average Bonchev–Trinajstić information content (AvgIpc) is 3.01. The highest BCUT2D eigenvalue weighted by Gasteiger charge is 2.30. The molecular weight excluding hydrogens is 359 g/mol. The Morgan fingerprint density at radius 2 is 1.70 bits per heavy atom. The van der Waals surface area contributed by atoms with Crippen LogP contribution in [0.1, 0.15) is 21.6 Å². The van der Waals surface area contributed by atoms with Crippen molar-refractivity contribution in [1.82, 2.24) is 10.2 Å². The van der Waals surface area contributed by atoms with Crippen LogP contribution in [0.3, 0.4) is 0 Å². The molecule has 0 saturated heterocycles. The van der Waals surface area contributed by atoms with Gasteiger partial charge in [0.2, 0.25) is 0 Å². The average molecular weight is 375 g/mol. The molecule has 8 heteroatoms. The second-order valence-corrected chi connectivity index (χ2v) is 5.83. The first-order valence-corrected chi connectivity index (χ1v) is 7.97. The van der Waals surface area contributed by atoms with Crippen molar-refractivity contribution in [3.63, 3.8) is 0 Å². The molecule has 0 bridgehead atoms. The lowest BCUT2D eigenvalue weighted by atomic mass is 10.1. The third-order valence-corrected chi connectivity index (χ3v) is 4.02. The molecule has 1 heterocycles. The third kappa shape index (κ3) is 3.94. The monoisotopic (exact) mass is 375 g/mol. The number of amides is 1. The Morgan fingerprint density at radius 1 is 1.07 bits per heavy atom. The minimum Gasteiger partial charge on any atom is -0.497 e. The van der Waals surface area contributed by atoms with Crippen molar-refractivity contribution in [2.75, 3.05) is 12.4 Å². The van der Waals surface area contributed by atoms with Gasteiger partial charge in [0.15, 0.2) is 0 Å². The fraction of sp³-hybridized carbons (Fsp3) is 0.158. The highest BCUT2D eigenvalue weighted by molar-refractivity contribution is 6.06. The van der Waals surface area contributed by atoms with Crippen molar-refractivity contribution < 1.29 is 22.7 Å². The van der Waals surface area contributed by atoms with Gasteiger partial charge >= 0.3 is 6.18 Å². The maximum atomic E-state index is 12.7. The summed E-state index contributed by atoms with van der Waals surface area (Å²) in [6.07, 6.45) is -4.41. The summed E-state index contributed by atoms with van der Waals surface area (Å²) in [6.45, 7) is 1.71. The first-order chi connectivity index (χ1) is 12.8. The van der Waals surface area contributed by atoms with Gasteiger partial charge in [-0.3, -0.25) is 9.89 Å². The van der Waals surface area contributed by atoms with Gasteiger partial charge in [0.1, 0.15) is 11.4 Å². The number of alkyl halides is 3. The van der Waals surface area contributed by atoms with Crippen molar-refractivity contribution in [1.29, 1.82) is 0 Å². The van der Waals surface area contributed by atoms with E-state index in [0.29, 0.717) is 34.0 Å². The van der Waals surface area contributed by atoms with Gasteiger partial charge < -0.3 is 10.1 Å². The van der Waals surface area contributed by atoms with Crippen molar-refractivity contribution in [3.8, 4) is 17.0 Å². The van der Waals surface area contributed by atoms with Gasteiger partial charge in [0, 0.05) is 11.1 Å². The summed E-state index contributed by atoms with van der Waals surface area (Å²) in [5.74, 6) is 0.256. The Labute approximate surface area is 153 Å². The molecule has 0 fully saturated rings. The normalized spacial score (nSPS) is 11.3. The van der Waals surface area contributed by atoms with Crippen LogP contribution in [-0.2, 0) is 6.18 Å². The SMILES string of the molecule is COc1ccc(C(=O)Nc2c(-c3ccc(C(F)(F)F)cc3)n[nH]c2C)cc1. The molecule has 0 aliphatic heterocycles. The number of hydrogen-bond donors (Lipinski definition) is 2. The maximum Gasteiger partial charge on any atom is 0.416 e. The van der Waals surface area contributed by atoms with Gasteiger partial charge in [-0.25, -0.2) is 0 Å². The Balaban J connectivity index is 1.87. The van der Waals surface area contributed by atoms with Gasteiger partial charge in [0.25, 0.3) is 5.91 Å². The Bertz CT molecular complexity index is 946. The summed E-state index contributed by atoms with van der Waals surface area (Å²) < 4.78 is 43.3. The van der Waals surface area contributed by atoms with Crippen LogP contribution in [0.4, 0.5) is 18.9 Å². The number of H-pyrrole nitrogens is 1. The summed E-state index contributed by atoms with van der Waals surface area (Å²) in [7, 11) is 1.53. The number of ether oxygens (including phenoxy) is 1. The van der Waals surface area contributed by atoms with Crippen LogP contribution >= 0.6 is 0 Å². The predicted molar refractivity (Wildman–Crippen MR) is 94.7 cm³/mol. The lowest BCUT2D eigenvalue weighted by molar-refractivity contribution is -0.137. The third-order valence-electron chi connectivity index (χ3n) is 4.02. The molecule has 27 heavy (non-hydrogen) atoms. The molecule has 0 spiro atoms. The number of aryl methyl sites for hydroxylation is 1. The fourth-order valence-corrected chi connectivity index (χ4v) is 2.54. The number of hydrogen-bond acceptors (Lipinski definition) is 3. The zero-order chi connectivity index (χ0) is 19.6. The summed E-state index contributed by atoms with van der Waals surface area (Å²) in [4.78, 5) is 12.5. The van der Waals surface area contributed by atoms with E-state index < -0.39 is 11.7 Å². The van der Waals surface area contributed by atoms with Crippen molar-refractivity contribution in [3.05, 3.63) is 65.4 Å². The van der Waals surface area contributed by atoms with E-state index >= 15 is 0 Å². The molecule has 0 radical (unpaired) electrons. The van der Waals surface area contributed by atoms with E-state index in [9.17, 15) is 18.0 Å². The van der Waals surface area contributed by atoms with Crippen LogP contribution in [0, 0.1) is 6.92 Å². The van der Waals surface area contributed by atoms with Crippen LogP contribution in [0.2, 0.25) is 0 Å². The lowest BCUT2D eigenvalue weighted by Gasteiger charge is -2.09. The van der Waals surface area contributed by atoms with Crippen LogP contribution in [0.15, 0.2) is 48.5 Å². The first-order valence-electron chi connectivity index (χ1n) is 7.97. The van der Waals surface area contributed by atoms with Gasteiger partial charge in [-0.1, -0.05) is 12.1 Å². The number of carbonyl (C=O) groups excluding carboxylic acids is 1. The number of anilines is 1. The number of methoxy groups -OCH3 is 1. The number of nitrogens with zero attached hydrogens (tertiary/aromatic N) is 1. The number of aromatic amines is 1. The smallest absolute Gasteiger partial charge is 0.416 e. The summed E-state index contributed by atoms with van der Waals surface area (Å²) in [5.41, 5.74) is 1.49. The van der Waals surface area contributed by atoms with Crippen molar-refractivity contribution in [2.45, 2.75) is 13.1 Å². The van der Waals surface area contributed by atoms with Crippen molar-refractivity contribution >= 4 is 11.6 Å². The Hall–Kier alpha value is -3.29. The maximum absolute atomic E-state index is 12.7. The van der Waals surface area contributed by atoms with Crippen LogP contribution < -0.4 is 10.1 Å². The minimum atomic E-state index is -4.41. The molecule has 3 aromatic rings. The van der Waals surface area contributed by atoms with E-state index in [1.165, 1.54) is 19.2 Å². The number of halogens is 3. The van der Waals surface area contributed by atoms with E-state index in [0.717, 1.165) is 12.1 Å². The first kappa shape index (κ1) is 18.5. The highest BCUT2D eigenvalue weighted by atomic mass is 19.4. The molecule has 2 N–H and O–H groups in total. The van der Waals surface area contributed by atoms with Crippen LogP contribution in [0.5, 0.6) is 5.75 Å². The molecule has 3 rings (SSSR count). The predicted octanol–water partition coefficient (Wildman–Crippen LogP) is 4.66. The van der Waals surface area contributed by atoms with Crippen LogP contribution in [0.25, 0.3) is 11.3 Å². The Morgan fingerprint density at radius 3 is 2.26 bits per heavy atom. The Kier molecular flexibility index (Phi) is 4.89. The van der Waals surface area contributed by atoms with Gasteiger partial charge in [0.05, 0.1) is 24.1 Å². The topological polar surface area (TPSA) is 67.0 Å². The van der Waals surface area contributed by atoms with Crippen LogP contribution in [-0.4, -0.2) is 23.2 Å². The quantitative estimate of drug-likeness (QED) is 0.697. The number of benzene rings is 2. The van der Waals surface area contributed by atoms with Crippen molar-refractivity contribution in [2.24, 2.45) is 0 Å². The largest absolute Gasteiger partial charge is 0.497 e. The molecule has 140 valence electrons. The molecular formula is C19H16F3N3O2. The van der Waals surface area contributed by atoms with E-state index in [4.69, 9.17) is 4.74 Å². The molecule has 0 unspecified atom stereocenters. The molecule has 0 aliphatic carbocycles. The summed E-state index contributed by atoms with van der Waals surface area (Å²) in [6, 6.07) is 11.1. The number of nitrogens with one attached hydrogen (secondary N) is 2. The van der Waals surface area contributed by atoms with Gasteiger partial charge in [-0.15, -0.1) is 0 Å². The molecule has 0 aliphatic rings. The van der Waals surface area contributed by atoms with Gasteiger partial charge in [-0.05, 0) is 43.3 Å². The molecule has 5 nitrogen and oxygen atoms in total. The zero-order valence-electron chi connectivity index (χ0n) is 14.5. The van der Waals surface area contributed by atoms with Gasteiger partial charge in [-0.2, -0.15) is 18.3 Å². The molecule has 2 aromatic carbocycles. The van der Waals surface area contributed by atoms with E-state index in [1.807, 2.05) is 0 Å². The van der Waals surface area contributed by atoms with E-state index in [2.05, 4.69) is 15.5 Å². The standard InChI is InChI=1S/C19H16F3N3O2/c1-11-16(23-18(26)13-5-9-15(27-2)10-6-13)17(25-24-11)12-3-7-14(8-4-12)19(20,21)22/h3-10H,1-2H3,(H,23,26)(H,24,25). The fourth-order valence-electron chi connectivity index (χ4n) is 2.54. The lowest BCUT2D eigenvalue weighted by Crippen LogP contribution is -2.12. The molecule has 0 atom stereocenters. The summed E-state index contributed by atoms with van der Waals surface area (Å²) in [5, 5.41) is 9.62. The minimum absolute atomic E-state index is 0.364. The highest BCUT2D eigenvalue weighted by Crippen LogP contribution is 2.33. The van der Waals surface area contributed by atoms with E-state index in [-0.39, 0.29) is 5.91 Å². The molecule has 1 amide bonds. The number of carbonyl (C=O) groups is 1. The number of rotatable bonds is 4. The summed E-state index contributed by atoms with van der Waals surface area (Å²) >= 11 is 0.